The van der Waals surface area contributed by atoms with Crippen molar-refractivity contribution < 1.29 is 9.53 Å². The van der Waals surface area contributed by atoms with Gasteiger partial charge in [-0.1, -0.05) is 26.0 Å². The molecule has 3 aromatic rings. The first-order valence-electron chi connectivity index (χ1n) is 8.75. The predicted molar refractivity (Wildman–Crippen MR) is 100 cm³/mol. The number of ether oxygens (including phenoxy) is 1. The molecule has 2 aromatic heterocycles. The van der Waals surface area contributed by atoms with Crippen molar-refractivity contribution in [2.75, 3.05) is 6.61 Å². The molecule has 0 aliphatic carbocycles. The Bertz CT molecular complexity index is 917. The van der Waals surface area contributed by atoms with Crippen LogP contribution in [-0.4, -0.2) is 27.1 Å². The number of nitrogens with one attached hydrogen (secondary N) is 1. The summed E-state index contributed by atoms with van der Waals surface area (Å²) < 4.78 is 7.53. The lowest BCUT2D eigenvalue weighted by molar-refractivity contribution is -0.124. The van der Waals surface area contributed by atoms with Gasteiger partial charge in [0.2, 0.25) is 0 Å². The maximum absolute atomic E-state index is 12.4. The average molecular weight is 352 g/mol. The van der Waals surface area contributed by atoms with E-state index < -0.39 is 0 Å². The first-order valence-corrected chi connectivity index (χ1v) is 8.75. The van der Waals surface area contributed by atoms with Crippen molar-refractivity contribution >= 4 is 11.6 Å². The van der Waals surface area contributed by atoms with Gasteiger partial charge in [-0.25, -0.2) is 0 Å². The molecule has 6 heteroatoms. The normalized spacial score (nSPS) is 12.3. The van der Waals surface area contributed by atoms with Crippen molar-refractivity contribution in [3.8, 4) is 5.75 Å². The summed E-state index contributed by atoms with van der Waals surface area (Å²) in [6.07, 6.45) is 1.90. The van der Waals surface area contributed by atoms with Gasteiger partial charge in [-0.15, -0.1) is 10.2 Å². The molecule has 0 radical (unpaired) electrons. The summed E-state index contributed by atoms with van der Waals surface area (Å²) in [6.45, 7) is 8.11. The van der Waals surface area contributed by atoms with Gasteiger partial charge in [0.05, 0.1) is 6.04 Å². The zero-order valence-electron chi connectivity index (χ0n) is 15.6. The largest absolute Gasteiger partial charge is 0.484 e. The number of rotatable bonds is 6. The Balaban J connectivity index is 1.70. The molecule has 0 spiro atoms. The molecule has 1 amide bonds. The van der Waals surface area contributed by atoms with Crippen LogP contribution in [0.4, 0.5) is 0 Å². The molecule has 0 bridgehead atoms. The number of carbonyl (C=O) groups is 1. The number of carbonyl (C=O) groups excluding carboxylic acids is 1. The summed E-state index contributed by atoms with van der Waals surface area (Å²) in [5.74, 6) is 1.38. The van der Waals surface area contributed by atoms with E-state index in [1.165, 1.54) is 5.56 Å². The zero-order valence-corrected chi connectivity index (χ0v) is 15.6. The number of benzene rings is 1. The second-order valence-electron chi connectivity index (χ2n) is 6.81. The maximum atomic E-state index is 12.4. The molecule has 3 rings (SSSR count). The van der Waals surface area contributed by atoms with Crippen molar-refractivity contribution in [2.24, 2.45) is 5.92 Å². The fourth-order valence-electron chi connectivity index (χ4n) is 2.77. The molecule has 0 fully saturated rings. The number of hydrogen-bond donors (Lipinski definition) is 1. The highest BCUT2D eigenvalue weighted by molar-refractivity contribution is 5.78. The van der Waals surface area contributed by atoms with Gasteiger partial charge in [0, 0.05) is 6.20 Å². The van der Waals surface area contributed by atoms with Crippen LogP contribution in [0, 0.1) is 19.8 Å². The number of fused-ring (bicyclic) bond motifs is 1. The molecular formula is C20H24N4O2. The van der Waals surface area contributed by atoms with Crippen LogP contribution in [0.15, 0.2) is 42.6 Å². The Morgan fingerprint density at radius 3 is 2.69 bits per heavy atom. The fraction of sp³-hybridized carbons (Fsp3) is 0.350. The van der Waals surface area contributed by atoms with Crippen LogP contribution in [0.1, 0.15) is 36.8 Å². The summed E-state index contributed by atoms with van der Waals surface area (Å²) in [4.78, 5) is 12.4. The standard InChI is InChI=1S/C20H24N4O2/c1-13(2)19(20-23-22-17-7-5-6-10-24(17)20)21-18(25)12-26-16-9-8-14(3)15(4)11-16/h5-11,13,19H,12H2,1-4H3,(H,21,25)/t19-/m0/s1. The molecule has 0 saturated heterocycles. The van der Waals surface area contributed by atoms with Crippen LogP contribution in [-0.2, 0) is 4.79 Å². The number of aryl methyl sites for hydroxylation is 2. The van der Waals surface area contributed by atoms with E-state index in [2.05, 4.69) is 15.5 Å². The fourth-order valence-corrected chi connectivity index (χ4v) is 2.77. The highest BCUT2D eigenvalue weighted by Gasteiger charge is 2.23. The number of amides is 1. The maximum Gasteiger partial charge on any atom is 0.258 e. The summed E-state index contributed by atoms with van der Waals surface area (Å²) >= 11 is 0. The highest BCUT2D eigenvalue weighted by atomic mass is 16.5. The van der Waals surface area contributed by atoms with Gasteiger partial charge in [-0.3, -0.25) is 9.20 Å². The van der Waals surface area contributed by atoms with E-state index in [0.717, 1.165) is 17.0 Å². The third-order valence-electron chi connectivity index (χ3n) is 4.45. The average Bonchev–Trinajstić information content (AvgIpc) is 3.04. The summed E-state index contributed by atoms with van der Waals surface area (Å²) in [7, 11) is 0. The monoisotopic (exact) mass is 352 g/mol. The van der Waals surface area contributed by atoms with Crippen LogP contribution in [0.25, 0.3) is 5.65 Å². The van der Waals surface area contributed by atoms with Gasteiger partial charge in [-0.2, -0.15) is 0 Å². The minimum Gasteiger partial charge on any atom is -0.484 e. The van der Waals surface area contributed by atoms with Crippen LogP contribution < -0.4 is 10.1 Å². The van der Waals surface area contributed by atoms with Crippen molar-refractivity contribution in [2.45, 2.75) is 33.7 Å². The Morgan fingerprint density at radius 1 is 1.15 bits per heavy atom. The van der Waals surface area contributed by atoms with E-state index >= 15 is 0 Å². The summed E-state index contributed by atoms with van der Waals surface area (Å²) in [6, 6.07) is 11.3. The van der Waals surface area contributed by atoms with E-state index in [9.17, 15) is 4.79 Å². The van der Waals surface area contributed by atoms with Gasteiger partial charge in [0.1, 0.15) is 5.75 Å². The van der Waals surface area contributed by atoms with E-state index in [1.807, 2.05) is 74.7 Å². The molecule has 1 N–H and O–H groups in total. The molecule has 6 nitrogen and oxygen atoms in total. The molecule has 0 unspecified atom stereocenters. The summed E-state index contributed by atoms with van der Waals surface area (Å²) in [5.41, 5.74) is 3.09. The van der Waals surface area contributed by atoms with Crippen molar-refractivity contribution in [1.82, 2.24) is 19.9 Å². The lowest BCUT2D eigenvalue weighted by Crippen LogP contribution is -2.36. The van der Waals surface area contributed by atoms with Crippen LogP contribution >= 0.6 is 0 Å². The number of hydrogen-bond acceptors (Lipinski definition) is 4. The molecule has 0 aliphatic heterocycles. The Hall–Kier alpha value is -2.89. The van der Waals surface area contributed by atoms with Gasteiger partial charge in [0.15, 0.2) is 18.1 Å². The van der Waals surface area contributed by atoms with Crippen molar-refractivity contribution in [1.29, 1.82) is 0 Å². The SMILES string of the molecule is Cc1ccc(OCC(=O)N[C@H](c2nnc3ccccn23)C(C)C)cc1C. The second-order valence-corrected chi connectivity index (χ2v) is 6.81. The first-order chi connectivity index (χ1) is 12.5. The minimum absolute atomic E-state index is 0.0392. The zero-order chi connectivity index (χ0) is 18.7. The Labute approximate surface area is 153 Å². The Kier molecular flexibility index (Phi) is 5.21. The molecule has 0 saturated carbocycles. The molecule has 26 heavy (non-hydrogen) atoms. The van der Waals surface area contributed by atoms with Crippen molar-refractivity contribution in [3.63, 3.8) is 0 Å². The molecule has 1 atom stereocenters. The van der Waals surface area contributed by atoms with Gasteiger partial charge >= 0.3 is 0 Å². The first kappa shape index (κ1) is 17.9. The Morgan fingerprint density at radius 2 is 1.96 bits per heavy atom. The lowest BCUT2D eigenvalue weighted by Gasteiger charge is -2.21. The van der Waals surface area contributed by atoms with E-state index in [1.54, 1.807) is 0 Å². The number of aromatic nitrogens is 3. The predicted octanol–water partition coefficient (Wildman–Crippen LogP) is 3.24. The number of pyridine rings is 1. The molecular weight excluding hydrogens is 328 g/mol. The third kappa shape index (κ3) is 3.85. The van der Waals surface area contributed by atoms with Crippen molar-refractivity contribution in [3.05, 3.63) is 59.5 Å². The van der Waals surface area contributed by atoms with Crippen LogP contribution in [0.3, 0.4) is 0 Å². The van der Waals surface area contributed by atoms with Gasteiger partial charge in [0.25, 0.3) is 5.91 Å². The minimum atomic E-state index is -0.247. The highest BCUT2D eigenvalue weighted by Crippen LogP contribution is 2.21. The molecule has 0 aliphatic rings. The molecule has 136 valence electrons. The topological polar surface area (TPSA) is 68.5 Å². The third-order valence-corrected chi connectivity index (χ3v) is 4.45. The van der Waals surface area contributed by atoms with E-state index in [-0.39, 0.29) is 24.5 Å². The van der Waals surface area contributed by atoms with Crippen LogP contribution in [0.2, 0.25) is 0 Å². The smallest absolute Gasteiger partial charge is 0.258 e. The molecule has 1 aromatic carbocycles. The van der Waals surface area contributed by atoms with E-state index in [0.29, 0.717) is 5.75 Å². The van der Waals surface area contributed by atoms with Crippen LogP contribution in [0.5, 0.6) is 5.75 Å². The van der Waals surface area contributed by atoms with Gasteiger partial charge in [-0.05, 0) is 55.2 Å². The quantitative estimate of drug-likeness (QED) is 0.739. The number of nitrogens with zero attached hydrogens (tertiary/aromatic N) is 3. The lowest BCUT2D eigenvalue weighted by atomic mass is 10.0. The van der Waals surface area contributed by atoms with E-state index in [4.69, 9.17) is 4.74 Å². The summed E-state index contributed by atoms with van der Waals surface area (Å²) in [5, 5.41) is 11.5. The van der Waals surface area contributed by atoms with Gasteiger partial charge < -0.3 is 10.1 Å². The second kappa shape index (κ2) is 7.56. The molecule has 2 heterocycles.